The van der Waals surface area contributed by atoms with Gasteiger partial charge in [0.1, 0.15) is 11.4 Å². The number of aliphatic carboxylic acids is 1. The van der Waals surface area contributed by atoms with Crippen LogP contribution in [0, 0.1) is 12.3 Å². The van der Waals surface area contributed by atoms with Gasteiger partial charge in [0.2, 0.25) is 0 Å². The minimum atomic E-state index is -0.942. The molecule has 1 N–H and O–H groups in total. The van der Waals surface area contributed by atoms with Crippen LogP contribution in [0.1, 0.15) is 26.1 Å². The summed E-state index contributed by atoms with van der Waals surface area (Å²) in [5, 5.41) is 9.32. The van der Waals surface area contributed by atoms with Crippen LogP contribution >= 0.6 is 0 Å². The molecule has 0 spiro atoms. The molecule has 0 unspecified atom stereocenters. The lowest BCUT2D eigenvalue weighted by Gasteiger charge is -2.24. The summed E-state index contributed by atoms with van der Waals surface area (Å²) >= 11 is 0. The molecule has 0 radical (unpaired) electrons. The second kappa shape index (κ2) is 5.41. The third-order valence-corrected chi connectivity index (χ3v) is 3.32. The van der Waals surface area contributed by atoms with Crippen molar-refractivity contribution in [2.24, 2.45) is 0 Å². The van der Waals surface area contributed by atoms with Gasteiger partial charge in [0.05, 0.1) is 17.3 Å². The lowest BCUT2D eigenvalue weighted by Crippen LogP contribution is -2.38. The minimum Gasteiger partial charge on any atom is -0.481 e. The highest BCUT2D eigenvalue weighted by Gasteiger charge is 2.24. The molecule has 1 aromatic heterocycles. The normalized spacial score (nSPS) is 11.3. The maximum atomic E-state index is 12.7. The molecule has 0 saturated heterocycles. The smallest absolute Gasteiger partial charge is 0.303 e. The van der Waals surface area contributed by atoms with Crippen LogP contribution < -0.4 is 5.56 Å². The van der Waals surface area contributed by atoms with Crippen LogP contribution in [-0.2, 0) is 16.8 Å². The van der Waals surface area contributed by atoms with Crippen LogP contribution in [0.3, 0.4) is 0 Å². The highest BCUT2D eigenvalue weighted by molar-refractivity contribution is 5.77. The van der Waals surface area contributed by atoms with Crippen LogP contribution in [0.15, 0.2) is 29.1 Å². The zero-order valence-corrected chi connectivity index (χ0v) is 12.0. The number of aromatic nitrogens is 2. The number of fused-ring (bicyclic) bond motifs is 1. The van der Waals surface area contributed by atoms with E-state index in [9.17, 15) is 9.59 Å². The molecule has 5 nitrogen and oxygen atoms in total. The van der Waals surface area contributed by atoms with Gasteiger partial charge in [0.15, 0.2) is 0 Å². The number of carboxylic acids is 1. The number of benzene rings is 1. The number of hydrogen-bond donors (Lipinski definition) is 1. The van der Waals surface area contributed by atoms with Gasteiger partial charge in [-0.3, -0.25) is 14.2 Å². The first kappa shape index (κ1) is 14.8. The monoisotopic (exact) mass is 284 g/mol. The van der Waals surface area contributed by atoms with Gasteiger partial charge < -0.3 is 5.11 Å². The average Bonchev–Trinajstić information content (AvgIpc) is 2.45. The fraction of sp³-hybridized carbons (Fsp3) is 0.312. The molecule has 1 heterocycles. The summed E-state index contributed by atoms with van der Waals surface area (Å²) in [5.41, 5.74) is -0.571. The van der Waals surface area contributed by atoms with E-state index in [4.69, 9.17) is 11.5 Å². The number of terminal acetylenes is 1. The Morgan fingerprint density at radius 2 is 2.10 bits per heavy atom. The molecule has 0 aliphatic carbocycles. The van der Waals surface area contributed by atoms with Gasteiger partial charge in [0.25, 0.3) is 5.56 Å². The van der Waals surface area contributed by atoms with Gasteiger partial charge in [-0.25, -0.2) is 4.98 Å². The Morgan fingerprint density at radius 3 is 2.71 bits per heavy atom. The van der Waals surface area contributed by atoms with E-state index in [1.165, 1.54) is 4.57 Å². The van der Waals surface area contributed by atoms with E-state index in [1.54, 1.807) is 38.1 Å². The molecule has 2 rings (SSSR count). The van der Waals surface area contributed by atoms with Crippen molar-refractivity contribution < 1.29 is 9.90 Å². The summed E-state index contributed by atoms with van der Waals surface area (Å²) in [7, 11) is 0. The molecule has 0 aliphatic rings. The maximum absolute atomic E-state index is 12.7. The summed E-state index contributed by atoms with van der Waals surface area (Å²) in [6.07, 6.45) is 5.57. The third kappa shape index (κ3) is 2.79. The fourth-order valence-electron chi connectivity index (χ4n) is 2.21. The zero-order valence-electron chi connectivity index (χ0n) is 12.0. The molecular formula is C16H16N2O3. The number of hydrogen-bond acceptors (Lipinski definition) is 3. The summed E-state index contributed by atoms with van der Waals surface area (Å²) in [5.74, 6) is 2.02. The van der Waals surface area contributed by atoms with Crippen molar-refractivity contribution in [2.45, 2.75) is 32.2 Å². The number of nitrogens with zero attached hydrogens (tertiary/aromatic N) is 2. The Kier molecular flexibility index (Phi) is 3.81. The number of carbonyl (C=O) groups is 1. The number of carboxylic acid groups (broad SMARTS) is 1. The first-order valence-electron chi connectivity index (χ1n) is 6.57. The Bertz CT molecular complexity index is 797. The van der Waals surface area contributed by atoms with Gasteiger partial charge in [-0.1, -0.05) is 18.1 Å². The van der Waals surface area contributed by atoms with Crippen LogP contribution in [-0.4, -0.2) is 20.6 Å². The molecule has 21 heavy (non-hydrogen) atoms. The molecule has 0 bridgehead atoms. The molecule has 5 heteroatoms. The van der Waals surface area contributed by atoms with Crippen molar-refractivity contribution in [3.05, 3.63) is 40.4 Å². The first-order chi connectivity index (χ1) is 9.86. The highest BCUT2D eigenvalue weighted by atomic mass is 16.4. The topological polar surface area (TPSA) is 72.2 Å². The molecule has 0 saturated carbocycles. The molecule has 2 aromatic rings. The van der Waals surface area contributed by atoms with E-state index < -0.39 is 11.5 Å². The third-order valence-electron chi connectivity index (χ3n) is 3.32. The van der Waals surface area contributed by atoms with E-state index in [-0.39, 0.29) is 18.4 Å². The van der Waals surface area contributed by atoms with E-state index in [0.717, 1.165) is 0 Å². The second-order valence-corrected chi connectivity index (χ2v) is 5.28. The van der Waals surface area contributed by atoms with Gasteiger partial charge in [-0.2, -0.15) is 0 Å². The van der Waals surface area contributed by atoms with Crippen LogP contribution in [0.2, 0.25) is 0 Å². The molecule has 108 valence electrons. The molecule has 0 aliphatic heterocycles. The Balaban J connectivity index is 2.75. The van der Waals surface area contributed by atoms with Gasteiger partial charge in [-0.05, 0) is 26.0 Å². The fourth-order valence-corrected chi connectivity index (χ4v) is 2.21. The van der Waals surface area contributed by atoms with Crippen molar-refractivity contribution >= 4 is 16.9 Å². The largest absolute Gasteiger partial charge is 0.481 e. The average molecular weight is 284 g/mol. The quantitative estimate of drug-likeness (QED) is 0.869. The number of rotatable bonds is 4. The standard InChI is InChI=1S/C16H16N2O3/c1-4-16(2,3)18-13(9-10-14(19)20)17-12-8-6-5-7-11(12)15(18)21/h1,5-8H,9-10H2,2-3H3,(H,19,20). The van der Waals surface area contributed by atoms with E-state index in [2.05, 4.69) is 10.9 Å². The van der Waals surface area contributed by atoms with E-state index in [0.29, 0.717) is 16.7 Å². The Hall–Kier alpha value is -2.61. The van der Waals surface area contributed by atoms with Crippen molar-refractivity contribution in [3.8, 4) is 12.3 Å². The van der Waals surface area contributed by atoms with Gasteiger partial charge >= 0.3 is 5.97 Å². The van der Waals surface area contributed by atoms with E-state index >= 15 is 0 Å². The van der Waals surface area contributed by atoms with Crippen molar-refractivity contribution in [1.29, 1.82) is 0 Å². The molecule has 0 amide bonds. The summed E-state index contributed by atoms with van der Waals surface area (Å²) < 4.78 is 1.41. The minimum absolute atomic E-state index is 0.106. The van der Waals surface area contributed by atoms with E-state index in [1.807, 2.05) is 0 Å². The molecule has 0 atom stereocenters. The summed E-state index contributed by atoms with van der Waals surface area (Å²) in [6.45, 7) is 3.46. The van der Waals surface area contributed by atoms with Crippen molar-refractivity contribution in [3.63, 3.8) is 0 Å². The zero-order chi connectivity index (χ0) is 15.6. The van der Waals surface area contributed by atoms with Crippen LogP contribution in [0.4, 0.5) is 0 Å². The maximum Gasteiger partial charge on any atom is 0.303 e. The molecular weight excluding hydrogens is 268 g/mol. The lowest BCUT2D eigenvalue weighted by atomic mass is 10.0. The first-order valence-corrected chi connectivity index (χ1v) is 6.57. The lowest BCUT2D eigenvalue weighted by molar-refractivity contribution is -0.137. The van der Waals surface area contributed by atoms with Crippen LogP contribution in [0.5, 0.6) is 0 Å². The predicted octanol–water partition coefficient (Wildman–Crippen LogP) is 1.78. The highest BCUT2D eigenvalue weighted by Crippen LogP contribution is 2.17. The molecule has 1 aromatic carbocycles. The van der Waals surface area contributed by atoms with Gasteiger partial charge in [0, 0.05) is 6.42 Å². The Labute approximate surface area is 122 Å². The van der Waals surface area contributed by atoms with Crippen molar-refractivity contribution in [1.82, 2.24) is 9.55 Å². The van der Waals surface area contributed by atoms with Gasteiger partial charge in [-0.15, -0.1) is 6.42 Å². The second-order valence-electron chi connectivity index (χ2n) is 5.28. The van der Waals surface area contributed by atoms with Crippen molar-refractivity contribution in [2.75, 3.05) is 0 Å². The number of para-hydroxylation sites is 1. The summed E-state index contributed by atoms with van der Waals surface area (Å²) in [6, 6.07) is 6.96. The molecule has 0 fully saturated rings. The Morgan fingerprint density at radius 1 is 1.43 bits per heavy atom. The summed E-state index contributed by atoms with van der Waals surface area (Å²) in [4.78, 5) is 27.9. The predicted molar refractivity (Wildman–Crippen MR) is 80.1 cm³/mol. The SMILES string of the molecule is C#CC(C)(C)n1c(CCC(=O)O)nc2ccccc2c1=O. The number of aryl methyl sites for hydroxylation is 1. The van der Waals surface area contributed by atoms with Crippen LogP contribution in [0.25, 0.3) is 10.9 Å².